The highest BCUT2D eigenvalue weighted by atomic mass is 35.5. The van der Waals surface area contributed by atoms with E-state index in [1.54, 1.807) is 42.5 Å². The van der Waals surface area contributed by atoms with Crippen molar-refractivity contribution in [3.8, 4) is 0 Å². The Balaban J connectivity index is 1.93. The number of hydrogen-bond donors (Lipinski definition) is 1. The van der Waals surface area contributed by atoms with E-state index in [2.05, 4.69) is 5.32 Å². The lowest BCUT2D eigenvalue weighted by atomic mass is 10.00. The van der Waals surface area contributed by atoms with Crippen LogP contribution in [0.2, 0.25) is 15.1 Å². The van der Waals surface area contributed by atoms with Crippen molar-refractivity contribution in [2.75, 3.05) is 17.1 Å². The van der Waals surface area contributed by atoms with Gasteiger partial charge in [-0.2, -0.15) is 0 Å². The Morgan fingerprint density at radius 2 is 1.57 bits per heavy atom. The maximum absolute atomic E-state index is 13.9. The molecule has 0 heterocycles. The molecule has 0 aliphatic carbocycles. The van der Waals surface area contributed by atoms with E-state index in [0.717, 1.165) is 11.8 Å². The number of sulfonamides is 1. The number of amides is 2. The lowest BCUT2D eigenvalue weighted by Gasteiger charge is -2.34. The average molecular weight is 653 g/mol. The van der Waals surface area contributed by atoms with Crippen molar-refractivity contribution in [1.29, 1.82) is 0 Å². The molecule has 1 unspecified atom stereocenters. The van der Waals surface area contributed by atoms with Crippen LogP contribution in [0.1, 0.15) is 44.7 Å². The number of benzene rings is 3. The summed E-state index contributed by atoms with van der Waals surface area (Å²) < 4.78 is 26.4. The van der Waals surface area contributed by atoms with Crippen LogP contribution in [0.4, 0.5) is 5.69 Å². The first-order valence-corrected chi connectivity index (χ1v) is 16.4. The molecular weight excluding hydrogens is 617 g/mol. The second-order valence-electron chi connectivity index (χ2n) is 11.1. The lowest BCUT2D eigenvalue weighted by Crippen LogP contribution is -2.54. The van der Waals surface area contributed by atoms with Gasteiger partial charge in [-0.05, 0) is 68.7 Å². The molecule has 0 bridgehead atoms. The number of nitrogens with zero attached hydrogens (tertiary/aromatic N) is 2. The highest BCUT2D eigenvalue weighted by molar-refractivity contribution is 7.92. The van der Waals surface area contributed by atoms with E-state index in [0.29, 0.717) is 26.3 Å². The normalized spacial score (nSPS) is 12.5. The summed E-state index contributed by atoms with van der Waals surface area (Å²) >= 11 is 18.5. The third-order valence-electron chi connectivity index (χ3n) is 6.35. The SMILES string of the molecule is CC(C)(C)NC(=O)C(Cc1ccccc1)N(Cc1ccc(Cl)c(Cl)c1)C(=O)CCCN(c1cccc(Cl)c1)S(C)(=O)=O. The van der Waals surface area contributed by atoms with E-state index < -0.39 is 21.6 Å². The summed E-state index contributed by atoms with van der Waals surface area (Å²) in [6, 6.07) is 20.3. The van der Waals surface area contributed by atoms with Crippen molar-refractivity contribution in [3.63, 3.8) is 0 Å². The number of carbonyl (C=O) groups is 2. The quantitative estimate of drug-likeness (QED) is 0.235. The van der Waals surface area contributed by atoms with Crippen molar-refractivity contribution in [2.24, 2.45) is 0 Å². The molecule has 42 heavy (non-hydrogen) atoms. The minimum absolute atomic E-state index is 0.00198. The van der Waals surface area contributed by atoms with Crippen LogP contribution in [0.5, 0.6) is 0 Å². The minimum atomic E-state index is -3.64. The van der Waals surface area contributed by atoms with E-state index in [1.807, 2.05) is 51.1 Å². The number of hydrogen-bond acceptors (Lipinski definition) is 4. The zero-order valence-electron chi connectivity index (χ0n) is 24.1. The number of carbonyl (C=O) groups excluding carboxylic acids is 2. The number of nitrogens with one attached hydrogen (secondary N) is 1. The van der Waals surface area contributed by atoms with Gasteiger partial charge in [-0.3, -0.25) is 13.9 Å². The van der Waals surface area contributed by atoms with Crippen molar-refractivity contribution >= 4 is 62.3 Å². The van der Waals surface area contributed by atoms with E-state index in [9.17, 15) is 18.0 Å². The fourth-order valence-corrected chi connectivity index (χ4v) is 5.94. The number of anilines is 1. The van der Waals surface area contributed by atoms with E-state index in [1.165, 1.54) is 9.21 Å². The van der Waals surface area contributed by atoms with Gasteiger partial charge in [0.2, 0.25) is 21.8 Å². The Hall–Kier alpha value is -2.78. The Kier molecular flexibility index (Phi) is 11.7. The Morgan fingerprint density at radius 3 is 2.17 bits per heavy atom. The number of rotatable bonds is 12. The molecule has 2 amide bonds. The second-order valence-corrected chi connectivity index (χ2v) is 14.3. The molecule has 226 valence electrons. The zero-order chi connectivity index (χ0) is 31.1. The van der Waals surface area contributed by atoms with Crippen LogP contribution in [-0.2, 0) is 32.6 Å². The maximum atomic E-state index is 13.9. The van der Waals surface area contributed by atoms with Crippen molar-refractivity contribution < 1.29 is 18.0 Å². The summed E-state index contributed by atoms with van der Waals surface area (Å²) in [5.41, 5.74) is 1.48. The highest BCUT2D eigenvalue weighted by Crippen LogP contribution is 2.26. The van der Waals surface area contributed by atoms with Crippen LogP contribution in [0.25, 0.3) is 0 Å². The van der Waals surface area contributed by atoms with Crippen molar-refractivity contribution in [1.82, 2.24) is 10.2 Å². The van der Waals surface area contributed by atoms with Crippen molar-refractivity contribution in [2.45, 2.75) is 58.2 Å². The van der Waals surface area contributed by atoms with Gasteiger partial charge >= 0.3 is 0 Å². The molecule has 0 spiro atoms. The fraction of sp³-hybridized carbons (Fsp3) is 0.355. The average Bonchev–Trinajstić information content (AvgIpc) is 2.89. The second kappa shape index (κ2) is 14.6. The molecule has 0 aromatic heterocycles. The van der Waals surface area contributed by atoms with Gasteiger partial charge in [0.25, 0.3) is 0 Å². The van der Waals surface area contributed by atoms with Gasteiger partial charge in [-0.25, -0.2) is 8.42 Å². The molecular formula is C31H36Cl3N3O4S. The van der Waals surface area contributed by atoms with Gasteiger partial charge in [-0.15, -0.1) is 0 Å². The molecule has 0 radical (unpaired) electrons. The summed E-state index contributed by atoms with van der Waals surface area (Å²) in [6.07, 6.45) is 1.62. The molecule has 0 fully saturated rings. The summed E-state index contributed by atoms with van der Waals surface area (Å²) in [6.45, 7) is 5.81. The molecule has 3 aromatic rings. The van der Waals surface area contributed by atoms with E-state index >= 15 is 0 Å². The Labute approximate surface area is 263 Å². The van der Waals surface area contributed by atoms with Crippen LogP contribution in [0, 0.1) is 0 Å². The third-order valence-corrected chi connectivity index (χ3v) is 8.52. The zero-order valence-corrected chi connectivity index (χ0v) is 27.2. The smallest absolute Gasteiger partial charge is 0.243 e. The van der Waals surface area contributed by atoms with Crippen LogP contribution >= 0.6 is 34.8 Å². The van der Waals surface area contributed by atoms with Crippen LogP contribution in [0.15, 0.2) is 72.8 Å². The summed E-state index contributed by atoms with van der Waals surface area (Å²) in [4.78, 5) is 29.2. The summed E-state index contributed by atoms with van der Waals surface area (Å²) in [5.74, 6) is -0.595. The highest BCUT2D eigenvalue weighted by Gasteiger charge is 2.32. The predicted octanol–water partition coefficient (Wildman–Crippen LogP) is 6.75. The van der Waals surface area contributed by atoms with E-state index in [-0.39, 0.29) is 44.2 Å². The molecule has 1 atom stereocenters. The Bertz CT molecular complexity index is 1490. The Morgan fingerprint density at radius 1 is 0.881 bits per heavy atom. The van der Waals surface area contributed by atoms with Gasteiger partial charge < -0.3 is 10.2 Å². The number of halogens is 3. The first-order chi connectivity index (χ1) is 19.6. The van der Waals surface area contributed by atoms with Gasteiger partial charge in [-0.1, -0.05) is 77.3 Å². The molecule has 0 aliphatic rings. The molecule has 1 N–H and O–H groups in total. The predicted molar refractivity (Wildman–Crippen MR) is 172 cm³/mol. The van der Waals surface area contributed by atoms with Crippen LogP contribution < -0.4 is 9.62 Å². The first-order valence-electron chi connectivity index (χ1n) is 13.5. The van der Waals surface area contributed by atoms with Gasteiger partial charge in [0, 0.05) is 36.5 Å². The molecule has 0 saturated heterocycles. The fourth-order valence-electron chi connectivity index (χ4n) is 4.48. The minimum Gasteiger partial charge on any atom is -0.350 e. The molecule has 0 aliphatic heterocycles. The molecule has 3 rings (SSSR count). The van der Waals surface area contributed by atoms with Crippen LogP contribution in [-0.4, -0.2) is 49.5 Å². The van der Waals surface area contributed by atoms with E-state index in [4.69, 9.17) is 34.8 Å². The first kappa shape index (κ1) is 33.7. The lowest BCUT2D eigenvalue weighted by molar-refractivity contribution is -0.142. The third kappa shape index (κ3) is 10.2. The van der Waals surface area contributed by atoms with Crippen LogP contribution in [0.3, 0.4) is 0 Å². The van der Waals surface area contributed by atoms with Crippen molar-refractivity contribution in [3.05, 3.63) is 99.0 Å². The summed E-state index contributed by atoms with van der Waals surface area (Å²) in [7, 11) is -3.64. The molecule has 11 heteroatoms. The van der Waals surface area contributed by atoms with Gasteiger partial charge in [0.05, 0.1) is 22.0 Å². The standard InChI is InChI=1S/C31H36Cl3N3O4S/c1-31(2,3)35-30(39)28(19-22-10-6-5-7-11-22)36(21-23-15-16-26(33)27(34)18-23)29(38)14-9-17-37(42(4,40)41)25-13-8-12-24(32)20-25/h5-8,10-13,15-16,18,20,28H,9,14,17,19,21H2,1-4H3,(H,35,39). The van der Waals surface area contributed by atoms with Gasteiger partial charge in [0.15, 0.2) is 0 Å². The largest absolute Gasteiger partial charge is 0.350 e. The monoisotopic (exact) mass is 651 g/mol. The molecule has 3 aromatic carbocycles. The van der Waals surface area contributed by atoms with Gasteiger partial charge in [0.1, 0.15) is 6.04 Å². The topological polar surface area (TPSA) is 86.8 Å². The maximum Gasteiger partial charge on any atom is 0.243 e. The molecule has 7 nitrogen and oxygen atoms in total. The molecule has 0 saturated carbocycles. The summed E-state index contributed by atoms with van der Waals surface area (Å²) in [5, 5.41) is 4.14.